The van der Waals surface area contributed by atoms with Crippen molar-refractivity contribution in [3.8, 4) is 45.8 Å². The number of rotatable bonds is 10. The number of amides is 3. The molecule has 0 radical (unpaired) electrons. The molecule has 4 aliphatic heterocycles. The van der Waals surface area contributed by atoms with E-state index < -0.39 is 17.1 Å². The minimum absolute atomic E-state index is 0.0424. The molecule has 58 heavy (non-hydrogen) atoms. The van der Waals surface area contributed by atoms with E-state index in [-0.39, 0.29) is 36.9 Å². The molecular weight excluding hydrogens is 747 g/mol. The summed E-state index contributed by atoms with van der Waals surface area (Å²) >= 11 is 0. The van der Waals surface area contributed by atoms with Crippen LogP contribution in [-0.4, -0.2) is 100 Å². The quantitative estimate of drug-likeness (QED) is 0.204. The molecule has 5 aliphatic rings. The Kier molecular flexibility index (Phi) is 9.31. The molecule has 16 heteroatoms. The minimum atomic E-state index is -0.808. The Morgan fingerprint density at radius 3 is 2.53 bits per heavy atom. The number of methoxy groups -OCH3 is 1. The van der Waals surface area contributed by atoms with Crippen LogP contribution in [0.25, 0.3) is 22.3 Å². The highest BCUT2D eigenvalue weighted by Gasteiger charge is 2.44. The minimum Gasteiger partial charge on any atom is -0.493 e. The van der Waals surface area contributed by atoms with Crippen LogP contribution in [0.4, 0.5) is 4.79 Å². The summed E-state index contributed by atoms with van der Waals surface area (Å²) < 4.78 is 35.2. The molecule has 2 aromatic heterocycles. The predicted molar refractivity (Wildman–Crippen MR) is 210 cm³/mol. The molecule has 1 aliphatic carbocycles. The second-order valence-electron chi connectivity index (χ2n) is 16.8. The van der Waals surface area contributed by atoms with Crippen molar-refractivity contribution < 1.29 is 42.8 Å². The summed E-state index contributed by atoms with van der Waals surface area (Å²) in [4.78, 5) is 53.9. The zero-order chi connectivity index (χ0) is 40.3. The first kappa shape index (κ1) is 37.5. The first-order valence-corrected chi connectivity index (χ1v) is 19.8. The molecule has 0 unspecified atom stereocenters. The highest BCUT2D eigenvalue weighted by Crippen LogP contribution is 2.49. The normalized spacial score (nSPS) is 19.4. The summed E-state index contributed by atoms with van der Waals surface area (Å²) in [5.41, 5.74) is 3.77. The lowest BCUT2D eigenvalue weighted by Gasteiger charge is -2.42. The number of aromatic nitrogens is 3. The second-order valence-corrected chi connectivity index (χ2v) is 16.8. The van der Waals surface area contributed by atoms with Gasteiger partial charge in [0.25, 0.3) is 0 Å². The largest absolute Gasteiger partial charge is 0.493 e. The van der Waals surface area contributed by atoms with E-state index in [9.17, 15) is 14.4 Å². The molecule has 1 saturated carbocycles. The maximum absolute atomic E-state index is 13.8. The highest BCUT2D eigenvalue weighted by molar-refractivity contribution is 6.07. The number of hydrogen-bond donors (Lipinski definition) is 2. The first-order valence-electron chi connectivity index (χ1n) is 19.8. The Morgan fingerprint density at radius 2 is 1.76 bits per heavy atom. The molecule has 2 N–H and O–H groups in total. The number of ether oxygens (including phenoxy) is 6. The smallest absolute Gasteiger partial charge is 0.413 e. The van der Waals surface area contributed by atoms with Gasteiger partial charge in [0.2, 0.25) is 18.6 Å². The number of piperidine rings is 1. The van der Waals surface area contributed by atoms with Crippen molar-refractivity contribution in [1.29, 1.82) is 0 Å². The lowest BCUT2D eigenvalue weighted by atomic mass is 9.80. The molecular formula is C42H47N7O9. The molecule has 6 heterocycles. The molecule has 3 amide bonds. The molecule has 2 fully saturated rings. The summed E-state index contributed by atoms with van der Waals surface area (Å²) in [6.45, 7) is 9.21. The van der Waals surface area contributed by atoms with Gasteiger partial charge in [0, 0.05) is 43.3 Å². The molecule has 304 valence electrons. The van der Waals surface area contributed by atoms with E-state index in [1.165, 1.54) is 12.5 Å². The zero-order valence-electron chi connectivity index (χ0n) is 33.3. The predicted octanol–water partition coefficient (Wildman–Crippen LogP) is 5.61. The van der Waals surface area contributed by atoms with Crippen LogP contribution in [-0.2, 0) is 16.0 Å². The maximum atomic E-state index is 13.8. The van der Waals surface area contributed by atoms with Crippen LogP contribution < -0.4 is 33.7 Å². The lowest BCUT2D eigenvalue weighted by Crippen LogP contribution is -2.53. The molecule has 0 atom stereocenters. The zero-order valence-corrected chi connectivity index (χ0v) is 33.3. The summed E-state index contributed by atoms with van der Waals surface area (Å²) in [7, 11) is 1.63. The number of carbonyl (C=O) groups is 3. The van der Waals surface area contributed by atoms with Gasteiger partial charge >= 0.3 is 6.09 Å². The monoisotopic (exact) mass is 793 g/mol. The summed E-state index contributed by atoms with van der Waals surface area (Å²) in [5, 5.41) is 9.20. The van der Waals surface area contributed by atoms with Crippen molar-refractivity contribution in [2.24, 2.45) is 16.4 Å². The van der Waals surface area contributed by atoms with Crippen LogP contribution in [0.1, 0.15) is 70.9 Å². The number of nitrogens with one attached hydrogen (secondary N) is 2. The van der Waals surface area contributed by atoms with E-state index in [0.29, 0.717) is 96.6 Å². The van der Waals surface area contributed by atoms with Crippen molar-refractivity contribution in [3.05, 3.63) is 47.9 Å². The van der Waals surface area contributed by atoms with Gasteiger partial charge in [0.05, 0.1) is 42.0 Å². The number of nitrogens with zero attached hydrogens (tertiary/aromatic N) is 5. The van der Waals surface area contributed by atoms with E-state index >= 15 is 0 Å². The Morgan fingerprint density at radius 1 is 0.966 bits per heavy atom. The molecule has 2 aromatic carbocycles. The van der Waals surface area contributed by atoms with Crippen LogP contribution in [0.5, 0.6) is 34.5 Å². The Balaban J connectivity index is 0.838. The van der Waals surface area contributed by atoms with Crippen molar-refractivity contribution in [3.63, 3.8) is 0 Å². The average molecular weight is 794 g/mol. The third-order valence-electron chi connectivity index (χ3n) is 11.4. The molecule has 9 rings (SSSR count). The van der Waals surface area contributed by atoms with E-state index in [4.69, 9.17) is 33.5 Å². The second kappa shape index (κ2) is 14.4. The number of carbonyl (C=O) groups excluding carboxylic acids is 3. The Bertz CT molecular complexity index is 2340. The topological polar surface area (TPSA) is 179 Å². The van der Waals surface area contributed by atoms with Crippen molar-refractivity contribution in [2.75, 3.05) is 40.1 Å². The fourth-order valence-corrected chi connectivity index (χ4v) is 8.20. The van der Waals surface area contributed by atoms with Gasteiger partial charge in [-0.15, -0.1) is 0 Å². The van der Waals surface area contributed by atoms with Gasteiger partial charge in [0.1, 0.15) is 35.4 Å². The lowest BCUT2D eigenvalue weighted by molar-refractivity contribution is -0.145. The van der Waals surface area contributed by atoms with Gasteiger partial charge in [0.15, 0.2) is 28.7 Å². The van der Waals surface area contributed by atoms with Crippen LogP contribution in [0.3, 0.4) is 0 Å². The Hall–Kier alpha value is -6.06. The summed E-state index contributed by atoms with van der Waals surface area (Å²) in [6, 6.07) is 7.38. The molecule has 1 saturated heterocycles. The van der Waals surface area contributed by atoms with Gasteiger partial charge in [-0.05, 0) is 69.7 Å². The van der Waals surface area contributed by atoms with E-state index in [1.54, 1.807) is 17.0 Å². The number of aromatic amines is 1. The summed E-state index contributed by atoms with van der Waals surface area (Å²) in [6.07, 6.45) is 6.64. The van der Waals surface area contributed by atoms with Gasteiger partial charge < -0.3 is 43.6 Å². The van der Waals surface area contributed by atoms with Crippen LogP contribution in [0.15, 0.2) is 41.9 Å². The average Bonchev–Trinajstić information content (AvgIpc) is 3.58. The number of fused-ring (bicyclic) bond motifs is 3. The first-order chi connectivity index (χ1) is 27.9. The van der Waals surface area contributed by atoms with Crippen LogP contribution >= 0.6 is 0 Å². The van der Waals surface area contributed by atoms with Crippen LogP contribution in [0.2, 0.25) is 0 Å². The molecule has 4 aromatic rings. The fourth-order valence-electron chi connectivity index (χ4n) is 8.20. The highest BCUT2D eigenvalue weighted by atomic mass is 16.7. The number of H-pyrrole nitrogens is 1. The van der Waals surface area contributed by atoms with Crippen molar-refractivity contribution in [1.82, 2.24) is 30.2 Å². The van der Waals surface area contributed by atoms with E-state index in [1.807, 2.05) is 52.0 Å². The van der Waals surface area contributed by atoms with Gasteiger partial charge in [-0.2, -0.15) is 5.10 Å². The third kappa shape index (κ3) is 6.98. The third-order valence-corrected chi connectivity index (χ3v) is 11.4. The number of hydrazone groups is 1. The van der Waals surface area contributed by atoms with Gasteiger partial charge in [-0.1, -0.05) is 13.8 Å². The summed E-state index contributed by atoms with van der Waals surface area (Å²) in [5.74, 6) is 3.50. The van der Waals surface area contributed by atoms with Crippen molar-refractivity contribution in [2.45, 2.75) is 77.9 Å². The molecule has 0 bridgehead atoms. The van der Waals surface area contributed by atoms with Crippen LogP contribution in [0, 0.1) is 11.3 Å². The maximum Gasteiger partial charge on any atom is 0.413 e. The number of likely N-dealkylation sites (tertiary alicyclic amines) is 1. The van der Waals surface area contributed by atoms with E-state index in [2.05, 4.69) is 20.3 Å². The van der Waals surface area contributed by atoms with Gasteiger partial charge in [-0.3, -0.25) is 9.59 Å². The molecule has 16 nitrogen and oxygen atoms in total. The molecule has 0 spiro atoms. The number of benzene rings is 2. The van der Waals surface area contributed by atoms with E-state index in [0.717, 1.165) is 35.4 Å². The van der Waals surface area contributed by atoms with Gasteiger partial charge in [-0.25, -0.2) is 19.8 Å². The number of hydrogen-bond acceptors (Lipinski definition) is 12. The standard InChI is InChI=1S/C42H47N7O9/c1-41(2)17-27(25-8-9-29(53-5)37-26(25)16-42(3,4)58-37)47-49(39(41)51)24-12-14-48(15-13-24)32(50)19-44-40(52)57-31-18-43-36-34(31)45-21-46-35(36)33-28(54-20-23-6-7-23)10-11-30-38(33)56-22-55-30/h8-11,18,21,23-24,43H,6-7,12-17,19-20,22H2,1-5H3,(H,44,52). The SMILES string of the molecule is COc1ccc(C2=NN(C3CCN(C(=O)CNC(=O)Oc4c[nH]c5c(-c6c(OCC7CC7)ccc7c6OCO7)ncnc45)CC3)C(=O)C(C)(C)C2)c2c1OC(C)(C)C2. The van der Waals surface area contributed by atoms with Crippen molar-refractivity contribution >= 4 is 34.7 Å². The Labute approximate surface area is 335 Å². The fraction of sp³-hybridized carbons (Fsp3) is 0.476.